The molecule has 9 nitrogen and oxygen atoms in total. The summed E-state index contributed by atoms with van der Waals surface area (Å²) in [7, 11) is -1.16. The average molecular weight is 391 g/mol. The van der Waals surface area contributed by atoms with Crippen molar-refractivity contribution in [2.75, 3.05) is 11.8 Å². The van der Waals surface area contributed by atoms with Gasteiger partial charge in [0.25, 0.3) is 10.0 Å². The molecule has 10 heteroatoms. The predicted molar refractivity (Wildman–Crippen MR) is 98.7 cm³/mol. The molecule has 0 saturated carbocycles. The average Bonchev–Trinajstić information content (AvgIpc) is 2.88. The molecule has 0 aliphatic rings. The number of carboxylic acid groups (broad SMARTS) is 1. The number of carbonyl (C=O) groups is 1. The number of aromatic amines is 1. The molecule has 0 radical (unpaired) electrons. The first-order chi connectivity index (χ1) is 12.7. The topological polar surface area (TPSA) is 130 Å². The third-order valence-corrected chi connectivity index (χ3v) is 5.43. The number of sulfonamides is 1. The fourth-order valence-electron chi connectivity index (χ4n) is 2.71. The van der Waals surface area contributed by atoms with E-state index in [4.69, 9.17) is 9.84 Å². The monoisotopic (exact) mass is 391 g/mol. The maximum atomic E-state index is 12.8. The Kier molecular flexibility index (Phi) is 4.66. The van der Waals surface area contributed by atoms with Crippen LogP contribution in [0.1, 0.15) is 5.56 Å². The Morgan fingerprint density at radius 3 is 2.67 bits per heavy atom. The van der Waals surface area contributed by atoms with Crippen molar-refractivity contribution in [1.82, 2.24) is 9.55 Å². The highest BCUT2D eigenvalue weighted by Crippen LogP contribution is 2.28. The molecule has 0 bridgehead atoms. The molecule has 142 valence electrons. The van der Waals surface area contributed by atoms with E-state index in [1.165, 1.54) is 42.0 Å². The molecule has 0 amide bonds. The molecular formula is C17H17N3O6S. The van der Waals surface area contributed by atoms with Crippen LogP contribution in [0.2, 0.25) is 0 Å². The van der Waals surface area contributed by atoms with E-state index in [0.29, 0.717) is 16.6 Å². The zero-order chi connectivity index (χ0) is 19.8. The molecule has 2 aromatic carbocycles. The summed E-state index contributed by atoms with van der Waals surface area (Å²) in [5.41, 5.74) is 1.38. The number of rotatable bonds is 6. The Hall–Kier alpha value is -3.27. The maximum absolute atomic E-state index is 12.8. The van der Waals surface area contributed by atoms with Crippen LogP contribution in [-0.2, 0) is 28.3 Å². The van der Waals surface area contributed by atoms with Gasteiger partial charge in [-0.1, -0.05) is 6.07 Å². The zero-order valence-electron chi connectivity index (χ0n) is 14.5. The second kappa shape index (κ2) is 6.80. The second-order valence-corrected chi connectivity index (χ2v) is 7.53. The number of hydrogen-bond donors (Lipinski definition) is 3. The summed E-state index contributed by atoms with van der Waals surface area (Å²) in [5, 5.41) is 8.92. The van der Waals surface area contributed by atoms with Gasteiger partial charge in [0.2, 0.25) is 0 Å². The van der Waals surface area contributed by atoms with Crippen LogP contribution >= 0.6 is 0 Å². The van der Waals surface area contributed by atoms with Gasteiger partial charge in [0.1, 0.15) is 10.6 Å². The first kappa shape index (κ1) is 18.5. The Morgan fingerprint density at radius 2 is 2.00 bits per heavy atom. The van der Waals surface area contributed by atoms with E-state index < -0.39 is 16.0 Å². The van der Waals surface area contributed by atoms with Gasteiger partial charge in [0.15, 0.2) is 0 Å². The number of anilines is 1. The molecule has 0 spiro atoms. The fourth-order valence-corrected chi connectivity index (χ4v) is 3.98. The number of aryl methyl sites for hydroxylation is 1. The van der Waals surface area contributed by atoms with Gasteiger partial charge in [-0.3, -0.25) is 14.1 Å². The molecule has 1 aromatic heterocycles. The number of aromatic nitrogens is 2. The summed E-state index contributed by atoms with van der Waals surface area (Å²) in [5.74, 6) is -0.984. The first-order valence-electron chi connectivity index (χ1n) is 7.81. The molecule has 3 aromatic rings. The molecular weight excluding hydrogens is 374 g/mol. The molecule has 0 aliphatic carbocycles. The largest absolute Gasteiger partial charge is 0.495 e. The SMILES string of the molecule is COc1ccc(CC(=O)O)cc1S(=O)(=O)Nc1ccc2[nH]c(=O)n(C)c2c1. The van der Waals surface area contributed by atoms with Gasteiger partial charge < -0.3 is 14.8 Å². The van der Waals surface area contributed by atoms with Crippen LogP contribution in [0, 0.1) is 0 Å². The molecule has 0 saturated heterocycles. The number of carboxylic acids is 1. The summed E-state index contributed by atoms with van der Waals surface area (Å²) in [6.07, 6.45) is -0.316. The van der Waals surface area contributed by atoms with Crippen molar-refractivity contribution in [2.45, 2.75) is 11.3 Å². The number of H-pyrrole nitrogens is 1. The highest BCUT2D eigenvalue weighted by atomic mass is 32.2. The lowest BCUT2D eigenvalue weighted by Gasteiger charge is -2.13. The first-order valence-corrected chi connectivity index (χ1v) is 9.30. The number of benzene rings is 2. The minimum Gasteiger partial charge on any atom is -0.495 e. The summed E-state index contributed by atoms with van der Waals surface area (Å²) in [4.78, 5) is 25.0. The Balaban J connectivity index is 2.02. The summed E-state index contributed by atoms with van der Waals surface area (Å²) >= 11 is 0. The van der Waals surface area contributed by atoms with E-state index in [0.717, 1.165) is 0 Å². The standard InChI is InChI=1S/C17H17N3O6S/c1-20-13-9-11(4-5-12(13)18-17(20)23)19-27(24,25)15-7-10(8-16(21)22)3-6-14(15)26-2/h3-7,9,19H,8H2,1-2H3,(H,18,23)(H,21,22). The van der Waals surface area contributed by atoms with E-state index in [9.17, 15) is 18.0 Å². The van der Waals surface area contributed by atoms with Crippen molar-refractivity contribution in [1.29, 1.82) is 0 Å². The summed E-state index contributed by atoms with van der Waals surface area (Å²) < 4.78 is 34.6. The molecule has 0 unspecified atom stereocenters. The highest BCUT2D eigenvalue weighted by molar-refractivity contribution is 7.92. The molecule has 0 aliphatic heterocycles. The van der Waals surface area contributed by atoms with E-state index in [1.54, 1.807) is 13.1 Å². The molecule has 3 N–H and O–H groups in total. The van der Waals surface area contributed by atoms with Crippen LogP contribution in [0.25, 0.3) is 11.0 Å². The Bertz CT molecular complexity index is 1190. The van der Waals surface area contributed by atoms with E-state index >= 15 is 0 Å². The Morgan fingerprint density at radius 1 is 1.26 bits per heavy atom. The molecule has 0 fully saturated rings. The van der Waals surface area contributed by atoms with Crippen LogP contribution in [0.15, 0.2) is 46.1 Å². The normalized spacial score (nSPS) is 11.5. The van der Waals surface area contributed by atoms with Crippen LogP contribution < -0.4 is 15.1 Å². The quantitative estimate of drug-likeness (QED) is 0.581. The van der Waals surface area contributed by atoms with Crippen molar-refractivity contribution in [3.63, 3.8) is 0 Å². The lowest BCUT2D eigenvalue weighted by atomic mass is 10.1. The predicted octanol–water partition coefficient (Wildman–Crippen LogP) is 1.30. The fraction of sp³-hybridized carbons (Fsp3) is 0.176. The van der Waals surface area contributed by atoms with Crippen molar-refractivity contribution >= 4 is 32.7 Å². The van der Waals surface area contributed by atoms with E-state index in [2.05, 4.69) is 9.71 Å². The third kappa shape index (κ3) is 3.65. The molecule has 0 atom stereocenters. The number of hydrogen-bond acceptors (Lipinski definition) is 5. The third-order valence-electron chi connectivity index (χ3n) is 4.03. The number of ether oxygens (including phenoxy) is 1. The number of methoxy groups -OCH3 is 1. The minimum atomic E-state index is -4.05. The van der Waals surface area contributed by atoms with Gasteiger partial charge in [-0.15, -0.1) is 0 Å². The summed E-state index contributed by atoms with van der Waals surface area (Å²) in [6.45, 7) is 0. The lowest BCUT2D eigenvalue weighted by molar-refractivity contribution is -0.136. The van der Waals surface area contributed by atoms with Gasteiger partial charge in [-0.2, -0.15) is 0 Å². The van der Waals surface area contributed by atoms with Crippen LogP contribution in [-0.4, -0.2) is 36.2 Å². The number of fused-ring (bicyclic) bond motifs is 1. The summed E-state index contributed by atoms with van der Waals surface area (Å²) in [6, 6.07) is 8.80. The lowest BCUT2D eigenvalue weighted by Crippen LogP contribution is -2.15. The van der Waals surface area contributed by atoms with Gasteiger partial charge >= 0.3 is 11.7 Å². The zero-order valence-corrected chi connectivity index (χ0v) is 15.3. The van der Waals surface area contributed by atoms with Gasteiger partial charge in [0.05, 0.1) is 30.3 Å². The van der Waals surface area contributed by atoms with Crippen LogP contribution in [0.3, 0.4) is 0 Å². The van der Waals surface area contributed by atoms with Crippen molar-refractivity contribution in [3.05, 3.63) is 52.4 Å². The highest BCUT2D eigenvalue weighted by Gasteiger charge is 2.21. The van der Waals surface area contributed by atoms with E-state index in [1.807, 2.05) is 0 Å². The van der Waals surface area contributed by atoms with Crippen molar-refractivity contribution < 1.29 is 23.1 Å². The number of aliphatic carboxylic acids is 1. The number of nitrogens with zero attached hydrogens (tertiary/aromatic N) is 1. The van der Waals surface area contributed by atoms with Crippen molar-refractivity contribution in [3.8, 4) is 5.75 Å². The number of imidazole rings is 1. The molecule has 27 heavy (non-hydrogen) atoms. The van der Waals surface area contributed by atoms with Gasteiger partial charge in [-0.25, -0.2) is 13.2 Å². The smallest absolute Gasteiger partial charge is 0.326 e. The second-order valence-electron chi connectivity index (χ2n) is 5.88. The van der Waals surface area contributed by atoms with Gasteiger partial charge in [-0.05, 0) is 35.9 Å². The minimum absolute atomic E-state index is 0.0896. The number of nitrogens with one attached hydrogen (secondary N) is 2. The van der Waals surface area contributed by atoms with Gasteiger partial charge in [0, 0.05) is 7.05 Å². The van der Waals surface area contributed by atoms with E-state index in [-0.39, 0.29) is 28.4 Å². The molecule has 1 heterocycles. The maximum Gasteiger partial charge on any atom is 0.326 e. The van der Waals surface area contributed by atoms with Crippen LogP contribution in [0.5, 0.6) is 5.75 Å². The Labute approximate surface area is 154 Å². The van der Waals surface area contributed by atoms with Crippen LogP contribution in [0.4, 0.5) is 5.69 Å². The molecule has 3 rings (SSSR count). The van der Waals surface area contributed by atoms with Crippen molar-refractivity contribution in [2.24, 2.45) is 7.05 Å².